The van der Waals surface area contributed by atoms with E-state index in [-0.39, 0.29) is 31.2 Å². The lowest BCUT2D eigenvalue weighted by atomic mass is 10.1. The molecule has 1 aromatic carbocycles. The van der Waals surface area contributed by atoms with Crippen LogP contribution in [0.1, 0.15) is 28.8 Å². The second-order valence-corrected chi connectivity index (χ2v) is 6.21. The lowest BCUT2D eigenvalue weighted by Gasteiger charge is -2.32. The van der Waals surface area contributed by atoms with E-state index in [0.717, 1.165) is 12.8 Å². The molecule has 0 radical (unpaired) electrons. The Morgan fingerprint density at radius 2 is 1.55 bits per heavy atom. The summed E-state index contributed by atoms with van der Waals surface area (Å²) in [7, 11) is 0. The van der Waals surface area contributed by atoms with E-state index in [1.54, 1.807) is 4.90 Å². The van der Waals surface area contributed by atoms with Crippen LogP contribution in [0.15, 0.2) is 0 Å². The maximum Gasteiger partial charge on any atom is 0.344 e. The second kappa shape index (κ2) is 4.90. The predicted octanol–water partition coefficient (Wildman–Crippen LogP) is 3.67. The number of cyclic esters (lactones) is 1. The van der Waals surface area contributed by atoms with Gasteiger partial charge in [0.2, 0.25) is 0 Å². The van der Waals surface area contributed by atoms with E-state index in [1.165, 1.54) is 0 Å². The zero-order valence-corrected chi connectivity index (χ0v) is 13.1. The Balaban J connectivity index is 2.27. The van der Waals surface area contributed by atoms with Crippen LogP contribution in [0.5, 0.6) is 0 Å². The summed E-state index contributed by atoms with van der Waals surface area (Å²) in [4.78, 5) is 13.6. The molecule has 0 amide bonds. The standard InChI is InChI=1S/C12H9Cl4NO3/c13-7-5-6(8(14)10(16)9(7)15)12(19,20-11(5)18)17-3-1-2-4-17/h19H,1-4H2/t12-/m1/s1. The molecule has 20 heavy (non-hydrogen) atoms. The van der Waals surface area contributed by atoms with Crippen LogP contribution < -0.4 is 0 Å². The van der Waals surface area contributed by atoms with Crippen molar-refractivity contribution in [2.75, 3.05) is 13.1 Å². The van der Waals surface area contributed by atoms with Crippen molar-refractivity contribution in [3.05, 3.63) is 31.2 Å². The Labute approximate surface area is 135 Å². The molecule has 1 saturated heterocycles. The molecule has 8 heteroatoms. The van der Waals surface area contributed by atoms with Crippen molar-refractivity contribution in [1.29, 1.82) is 0 Å². The number of hydrogen-bond donors (Lipinski definition) is 1. The summed E-state index contributed by atoms with van der Waals surface area (Å²) in [6.45, 7) is 1.16. The first-order chi connectivity index (χ1) is 9.38. The van der Waals surface area contributed by atoms with Gasteiger partial charge in [0.1, 0.15) is 0 Å². The minimum absolute atomic E-state index is 0.00648. The van der Waals surface area contributed by atoms with Gasteiger partial charge in [-0.1, -0.05) is 46.4 Å². The van der Waals surface area contributed by atoms with Gasteiger partial charge in [-0.05, 0) is 12.8 Å². The number of esters is 1. The first-order valence-electron chi connectivity index (χ1n) is 5.95. The van der Waals surface area contributed by atoms with E-state index in [4.69, 9.17) is 51.1 Å². The van der Waals surface area contributed by atoms with Crippen molar-refractivity contribution >= 4 is 52.4 Å². The third kappa shape index (κ3) is 1.86. The molecule has 0 saturated carbocycles. The fourth-order valence-electron chi connectivity index (χ4n) is 2.60. The first kappa shape index (κ1) is 14.7. The summed E-state index contributed by atoms with van der Waals surface area (Å²) in [5.41, 5.74) is 0.0472. The smallest absolute Gasteiger partial charge is 0.344 e. The monoisotopic (exact) mass is 355 g/mol. The summed E-state index contributed by atoms with van der Waals surface area (Å²) >= 11 is 24.1. The molecule has 4 nitrogen and oxygen atoms in total. The van der Waals surface area contributed by atoms with Crippen LogP contribution in [0, 0.1) is 0 Å². The molecular formula is C12H9Cl4NO3. The van der Waals surface area contributed by atoms with Crippen LogP contribution in [0.2, 0.25) is 20.1 Å². The average Bonchev–Trinajstić information content (AvgIpc) is 3.01. The topological polar surface area (TPSA) is 49.8 Å². The fourth-order valence-corrected chi connectivity index (χ4v) is 3.66. The number of hydrogen-bond acceptors (Lipinski definition) is 4. The number of benzene rings is 1. The molecule has 3 rings (SSSR count). The highest BCUT2D eigenvalue weighted by Gasteiger charge is 2.53. The van der Waals surface area contributed by atoms with Gasteiger partial charge in [0, 0.05) is 13.1 Å². The normalized spacial score (nSPS) is 25.9. The zero-order chi connectivity index (χ0) is 14.7. The number of carbonyl (C=O) groups is 1. The van der Waals surface area contributed by atoms with Gasteiger partial charge in [0.05, 0.1) is 31.2 Å². The van der Waals surface area contributed by atoms with Crippen molar-refractivity contribution in [2.45, 2.75) is 18.8 Å². The van der Waals surface area contributed by atoms with Crippen molar-refractivity contribution in [3.63, 3.8) is 0 Å². The van der Waals surface area contributed by atoms with E-state index in [2.05, 4.69) is 0 Å². The van der Waals surface area contributed by atoms with E-state index in [0.29, 0.717) is 13.1 Å². The average molecular weight is 357 g/mol. The molecule has 0 aliphatic carbocycles. The minimum Gasteiger partial charge on any atom is -0.411 e. The number of halogens is 4. The maximum absolute atomic E-state index is 12.0. The lowest BCUT2D eigenvalue weighted by molar-refractivity contribution is -0.258. The van der Waals surface area contributed by atoms with E-state index in [9.17, 15) is 9.90 Å². The molecule has 108 valence electrons. The Kier molecular flexibility index (Phi) is 3.60. The molecular weight excluding hydrogens is 348 g/mol. The molecule has 0 bridgehead atoms. The molecule has 2 aliphatic rings. The van der Waals surface area contributed by atoms with Crippen LogP contribution in [-0.2, 0) is 10.6 Å². The number of aliphatic hydroxyl groups is 1. The Morgan fingerprint density at radius 3 is 2.15 bits per heavy atom. The van der Waals surface area contributed by atoms with Gasteiger partial charge >= 0.3 is 11.9 Å². The molecule has 1 atom stereocenters. The highest BCUT2D eigenvalue weighted by atomic mass is 35.5. The molecule has 2 heterocycles. The molecule has 1 aromatic rings. The summed E-state index contributed by atoms with van der Waals surface area (Å²) in [5.74, 6) is -2.70. The summed E-state index contributed by atoms with van der Waals surface area (Å²) in [5, 5.41) is 10.7. The molecule has 0 unspecified atom stereocenters. The van der Waals surface area contributed by atoms with E-state index in [1.807, 2.05) is 0 Å². The van der Waals surface area contributed by atoms with Crippen LogP contribution >= 0.6 is 46.4 Å². The molecule has 0 spiro atoms. The lowest BCUT2D eigenvalue weighted by Crippen LogP contribution is -2.45. The molecule has 2 aliphatic heterocycles. The van der Waals surface area contributed by atoms with Gasteiger partial charge in [-0.2, -0.15) is 0 Å². The Bertz CT molecular complexity index is 615. The first-order valence-corrected chi connectivity index (χ1v) is 7.46. The summed E-state index contributed by atoms with van der Waals surface area (Å²) < 4.78 is 5.13. The highest BCUT2D eigenvalue weighted by molar-refractivity contribution is 6.53. The van der Waals surface area contributed by atoms with Crippen LogP contribution in [0.4, 0.5) is 0 Å². The van der Waals surface area contributed by atoms with Crippen molar-refractivity contribution in [3.8, 4) is 0 Å². The van der Waals surface area contributed by atoms with Crippen LogP contribution in [-0.4, -0.2) is 29.1 Å². The zero-order valence-electron chi connectivity index (χ0n) is 10.1. The molecule has 1 fully saturated rings. The van der Waals surface area contributed by atoms with Crippen molar-refractivity contribution in [2.24, 2.45) is 0 Å². The number of fused-ring (bicyclic) bond motifs is 1. The number of likely N-dealkylation sites (tertiary alicyclic amines) is 1. The Morgan fingerprint density at radius 1 is 1.00 bits per heavy atom. The van der Waals surface area contributed by atoms with Gasteiger partial charge in [0.25, 0.3) is 0 Å². The molecule has 0 aromatic heterocycles. The highest BCUT2D eigenvalue weighted by Crippen LogP contribution is 2.50. The van der Waals surface area contributed by atoms with E-state index < -0.39 is 11.9 Å². The Hall–Kier alpha value is -0.230. The van der Waals surface area contributed by atoms with Gasteiger partial charge in [-0.25, -0.2) is 9.69 Å². The van der Waals surface area contributed by atoms with Crippen molar-refractivity contribution in [1.82, 2.24) is 4.90 Å². The fraction of sp³-hybridized carbons (Fsp3) is 0.417. The van der Waals surface area contributed by atoms with Crippen LogP contribution in [0.25, 0.3) is 0 Å². The van der Waals surface area contributed by atoms with Crippen LogP contribution in [0.3, 0.4) is 0 Å². The second-order valence-electron chi connectivity index (χ2n) is 4.70. The van der Waals surface area contributed by atoms with Crippen molar-refractivity contribution < 1.29 is 14.6 Å². The number of ether oxygens (including phenoxy) is 1. The van der Waals surface area contributed by atoms with Gasteiger partial charge in [0.15, 0.2) is 0 Å². The minimum atomic E-state index is -1.93. The summed E-state index contributed by atoms with van der Waals surface area (Å²) in [6.07, 6.45) is 1.78. The SMILES string of the molecule is O=C1O[C@@](O)(N2CCCC2)c2c(Cl)c(Cl)c(Cl)c(Cl)c21. The largest absolute Gasteiger partial charge is 0.411 e. The predicted molar refractivity (Wildman–Crippen MR) is 76.6 cm³/mol. The summed E-state index contributed by atoms with van der Waals surface area (Å²) in [6, 6.07) is 0. The number of rotatable bonds is 1. The van der Waals surface area contributed by atoms with Gasteiger partial charge < -0.3 is 9.84 Å². The third-order valence-corrected chi connectivity index (χ3v) is 5.37. The quantitative estimate of drug-likeness (QED) is 0.474. The van der Waals surface area contributed by atoms with E-state index >= 15 is 0 Å². The molecule has 1 N–H and O–H groups in total. The van der Waals surface area contributed by atoms with Gasteiger partial charge in [-0.15, -0.1) is 0 Å². The van der Waals surface area contributed by atoms with Gasteiger partial charge in [-0.3, -0.25) is 0 Å². The number of nitrogens with zero attached hydrogens (tertiary/aromatic N) is 1. The number of carbonyl (C=O) groups excluding carboxylic acids is 1. The third-order valence-electron chi connectivity index (χ3n) is 3.57. The maximum atomic E-state index is 12.0.